The van der Waals surface area contributed by atoms with Gasteiger partial charge >= 0.3 is 0 Å². The highest BCUT2D eigenvalue weighted by Crippen LogP contribution is 2.31. The number of amides is 1. The minimum Gasteiger partial charge on any atom is -0.381 e. The van der Waals surface area contributed by atoms with E-state index in [0.29, 0.717) is 30.0 Å². The van der Waals surface area contributed by atoms with Gasteiger partial charge in [-0.2, -0.15) is 0 Å². The van der Waals surface area contributed by atoms with Crippen molar-refractivity contribution in [2.75, 3.05) is 24.7 Å². The molecule has 0 bridgehead atoms. The first-order chi connectivity index (χ1) is 16.0. The molecular formula is C23H21BrN6O3. The predicted octanol–water partition coefficient (Wildman–Crippen LogP) is 3.13. The van der Waals surface area contributed by atoms with Crippen molar-refractivity contribution < 1.29 is 9.53 Å². The van der Waals surface area contributed by atoms with E-state index in [1.807, 2.05) is 23.5 Å². The number of rotatable bonds is 2. The summed E-state index contributed by atoms with van der Waals surface area (Å²) in [5.41, 5.74) is 3.64. The highest BCUT2D eigenvalue weighted by Gasteiger charge is 2.29. The van der Waals surface area contributed by atoms with E-state index in [1.54, 1.807) is 17.2 Å². The lowest BCUT2D eigenvalue weighted by Gasteiger charge is -2.21. The average Bonchev–Trinajstić information content (AvgIpc) is 3.44. The number of nitrogens with one attached hydrogen (secondary N) is 1. The van der Waals surface area contributed by atoms with Crippen LogP contribution in [0.25, 0.3) is 16.7 Å². The second-order valence-corrected chi connectivity index (χ2v) is 9.53. The molecule has 3 aromatic heterocycles. The van der Waals surface area contributed by atoms with Crippen LogP contribution in [0.1, 0.15) is 46.1 Å². The fourth-order valence-corrected chi connectivity index (χ4v) is 5.24. The van der Waals surface area contributed by atoms with Gasteiger partial charge in [-0.15, -0.1) is 10.2 Å². The minimum absolute atomic E-state index is 0.0758. The van der Waals surface area contributed by atoms with E-state index in [9.17, 15) is 9.59 Å². The summed E-state index contributed by atoms with van der Waals surface area (Å²) in [7, 11) is 0. The number of aromatic nitrogens is 5. The zero-order valence-corrected chi connectivity index (χ0v) is 19.6. The number of halogens is 1. The zero-order chi connectivity index (χ0) is 22.7. The van der Waals surface area contributed by atoms with Gasteiger partial charge in [-0.3, -0.25) is 18.9 Å². The molecule has 1 saturated heterocycles. The first-order valence-electron chi connectivity index (χ1n) is 11.0. The summed E-state index contributed by atoms with van der Waals surface area (Å²) in [5.74, 6) is 1.35. The summed E-state index contributed by atoms with van der Waals surface area (Å²) in [6, 6.07) is 5.68. The number of benzene rings is 1. The van der Waals surface area contributed by atoms with Crippen molar-refractivity contribution in [2.24, 2.45) is 0 Å². The summed E-state index contributed by atoms with van der Waals surface area (Å²) >= 11 is 3.44. The average molecular weight is 509 g/mol. The van der Waals surface area contributed by atoms with E-state index in [0.717, 1.165) is 52.8 Å². The quantitative estimate of drug-likeness (QED) is 0.445. The fourth-order valence-electron chi connectivity index (χ4n) is 4.86. The van der Waals surface area contributed by atoms with E-state index in [-0.39, 0.29) is 23.0 Å². The molecule has 1 fully saturated rings. The van der Waals surface area contributed by atoms with Crippen LogP contribution >= 0.6 is 15.9 Å². The summed E-state index contributed by atoms with van der Waals surface area (Å²) in [6.45, 7) is 3.78. The Balaban J connectivity index is 1.48. The maximum atomic E-state index is 13.5. The monoisotopic (exact) mass is 508 g/mol. The summed E-state index contributed by atoms with van der Waals surface area (Å²) < 4.78 is 8.35. The standard InChI is InChI=1S/C23H21BrN6O3/c1-12-7-18-17(9-16(12)23(32)29-5-4-13-8-15(24)10-25-19(13)29)26-22(31)21-28-27-20(30(18)21)14-3-2-6-33-11-14/h7-10,14H,2-6,11H2,1H3,(H,26,31). The maximum Gasteiger partial charge on any atom is 0.294 e. The van der Waals surface area contributed by atoms with Crippen LogP contribution in [0.3, 0.4) is 0 Å². The van der Waals surface area contributed by atoms with E-state index >= 15 is 0 Å². The number of ether oxygens (including phenoxy) is 1. The molecule has 1 aromatic carbocycles. The molecule has 1 N–H and O–H groups in total. The molecule has 6 rings (SSSR count). The van der Waals surface area contributed by atoms with Crippen molar-refractivity contribution in [1.29, 1.82) is 0 Å². The molecular weight excluding hydrogens is 488 g/mol. The van der Waals surface area contributed by atoms with Crippen molar-refractivity contribution in [3.63, 3.8) is 0 Å². The number of aryl methyl sites for hydroxylation is 1. The van der Waals surface area contributed by atoms with Gasteiger partial charge in [-0.1, -0.05) is 0 Å². The Morgan fingerprint density at radius 2 is 2.15 bits per heavy atom. The smallest absolute Gasteiger partial charge is 0.294 e. The van der Waals surface area contributed by atoms with E-state index in [4.69, 9.17) is 4.74 Å². The van der Waals surface area contributed by atoms with Crippen LogP contribution < -0.4 is 10.5 Å². The molecule has 1 amide bonds. The number of fused-ring (bicyclic) bond motifs is 4. The van der Waals surface area contributed by atoms with Crippen LogP contribution in [-0.4, -0.2) is 50.2 Å². The summed E-state index contributed by atoms with van der Waals surface area (Å²) in [5, 5.41) is 8.49. The molecule has 2 aliphatic heterocycles. The molecule has 0 aliphatic carbocycles. The second kappa shape index (κ2) is 7.74. The van der Waals surface area contributed by atoms with Crippen molar-refractivity contribution in [3.05, 3.63) is 61.7 Å². The van der Waals surface area contributed by atoms with E-state index in [1.165, 1.54) is 0 Å². The number of carbonyl (C=O) groups excluding carboxylic acids is 1. The first kappa shape index (κ1) is 20.5. The number of anilines is 1. The third-order valence-electron chi connectivity index (χ3n) is 6.49. The molecule has 1 unspecified atom stereocenters. The number of H-pyrrole nitrogens is 1. The Labute approximate surface area is 196 Å². The zero-order valence-electron chi connectivity index (χ0n) is 18.0. The number of hydrogen-bond acceptors (Lipinski definition) is 6. The SMILES string of the molecule is Cc1cc2c(cc1C(=O)N1CCc3cc(Br)cnc31)[nH]c(=O)c1nnc(C3CCCOC3)n12. The highest BCUT2D eigenvalue weighted by molar-refractivity contribution is 9.10. The number of pyridine rings is 1. The fraction of sp³-hybridized carbons (Fsp3) is 0.348. The predicted molar refractivity (Wildman–Crippen MR) is 126 cm³/mol. The topological polar surface area (TPSA) is 105 Å². The first-order valence-corrected chi connectivity index (χ1v) is 11.8. The summed E-state index contributed by atoms with van der Waals surface area (Å²) in [4.78, 5) is 35.3. The van der Waals surface area contributed by atoms with Crippen LogP contribution in [0, 0.1) is 6.92 Å². The minimum atomic E-state index is -0.335. The molecule has 0 radical (unpaired) electrons. The summed E-state index contributed by atoms with van der Waals surface area (Å²) in [6.07, 6.45) is 4.34. The van der Waals surface area contributed by atoms with Crippen molar-refractivity contribution in [2.45, 2.75) is 32.1 Å². The Morgan fingerprint density at radius 1 is 1.27 bits per heavy atom. The van der Waals surface area contributed by atoms with Gasteiger partial charge in [0.2, 0.25) is 5.65 Å². The normalized spacial score (nSPS) is 18.2. The lowest BCUT2D eigenvalue weighted by atomic mass is 10.0. The Hall–Kier alpha value is -3.11. The molecule has 9 nitrogen and oxygen atoms in total. The molecule has 0 saturated carbocycles. The molecule has 4 aromatic rings. The molecule has 33 heavy (non-hydrogen) atoms. The van der Waals surface area contributed by atoms with Gasteiger partial charge in [0.1, 0.15) is 11.6 Å². The maximum absolute atomic E-state index is 13.5. The Bertz CT molecular complexity index is 1490. The van der Waals surface area contributed by atoms with Crippen LogP contribution in [-0.2, 0) is 11.2 Å². The molecule has 1 atom stereocenters. The second-order valence-electron chi connectivity index (χ2n) is 8.61. The van der Waals surface area contributed by atoms with Crippen LogP contribution in [0.15, 0.2) is 33.7 Å². The highest BCUT2D eigenvalue weighted by atomic mass is 79.9. The molecule has 5 heterocycles. The van der Waals surface area contributed by atoms with Crippen LogP contribution in [0.5, 0.6) is 0 Å². The molecule has 0 spiro atoms. The number of carbonyl (C=O) groups is 1. The van der Waals surface area contributed by atoms with Crippen molar-refractivity contribution in [3.8, 4) is 0 Å². The molecule has 2 aliphatic rings. The van der Waals surface area contributed by atoms with Crippen molar-refractivity contribution in [1.82, 2.24) is 24.6 Å². The van der Waals surface area contributed by atoms with Gasteiger partial charge in [-0.25, -0.2) is 4.98 Å². The largest absolute Gasteiger partial charge is 0.381 e. The van der Waals surface area contributed by atoms with Gasteiger partial charge in [-0.05, 0) is 71.4 Å². The van der Waals surface area contributed by atoms with Crippen molar-refractivity contribution >= 4 is 44.3 Å². The number of hydrogen-bond donors (Lipinski definition) is 1. The van der Waals surface area contributed by atoms with Gasteiger partial charge in [0.25, 0.3) is 11.5 Å². The van der Waals surface area contributed by atoms with E-state index in [2.05, 4.69) is 36.1 Å². The van der Waals surface area contributed by atoms with Gasteiger partial charge in [0, 0.05) is 35.3 Å². The molecule has 168 valence electrons. The van der Waals surface area contributed by atoms with E-state index < -0.39 is 0 Å². The third kappa shape index (κ3) is 3.27. The Kier molecular flexibility index (Phi) is 4.81. The number of nitrogens with zero attached hydrogens (tertiary/aromatic N) is 5. The Morgan fingerprint density at radius 3 is 2.97 bits per heavy atom. The van der Waals surface area contributed by atoms with Crippen LogP contribution in [0.4, 0.5) is 5.82 Å². The third-order valence-corrected chi connectivity index (χ3v) is 6.93. The van der Waals surface area contributed by atoms with Crippen LogP contribution in [0.2, 0.25) is 0 Å². The molecule has 10 heteroatoms. The lowest BCUT2D eigenvalue weighted by Crippen LogP contribution is -2.30. The number of aromatic amines is 1. The van der Waals surface area contributed by atoms with Gasteiger partial charge in [0.15, 0.2) is 0 Å². The van der Waals surface area contributed by atoms with Gasteiger partial charge in [0.05, 0.1) is 17.6 Å². The lowest BCUT2D eigenvalue weighted by molar-refractivity contribution is 0.0778. The van der Waals surface area contributed by atoms with Gasteiger partial charge < -0.3 is 9.72 Å².